The van der Waals surface area contributed by atoms with Gasteiger partial charge in [-0.15, -0.1) is 0 Å². The average Bonchev–Trinajstić information content (AvgIpc) is 3.75. The standard InChI is InChI=1S/C35H32ClFN4O5/c1-3-34(45,31-18-40(2)20-39-31)24-14-28-32(29(37)15-24)35(23-8-10-25(36)11-9-23,46-27-13-12-26(43)16-27)41(33(28)44)30(19-42)22-6-4-21(17-38)5-7-22/h4-11,14-15,18,20,27,30,42,45H,3,12-13,16,19H2,1-2H3/t27-,30?,34?,35+/m0/s1. The normalized spacial score (nSPS) is 21.2. The molecule has 1 amide bonds. The van der Waals surface area contributed by atoms with Gasteiger partial charge in [-0.3, -0.25) is 14.5 Å². The SMILES string of the molecule is CCC(O)(c1cc(F)c2c(c1)C(=O)N(C(CO)c1ccc(C#N)cc1)[C@@]2(O[C@H]1CCC(=O)C1)c1ccc(Cl)cc1)c1cn(C)cn1. The molecular weight excluding hydrogens is 611 g/mol. The Labute approximate surface area is 270 Å². The summed E-state index contributed by atoms with van der Waals surface area (Å²) in [7, 11) is 1.75. The van der Waals surface area contributed by atoms with Crippen molar-refractivity contribution in [3.8, 4) is 6.07 Å². The minimum absolute atomic E-state index is 0.0163. The van der Waals surface area contributed by atoms with E-state index in [1.807, 2.05) is 0 Å². The first-order valence-corrected chi connectivity index (χ1v) is 15.4. The maximum atomic E-state index is 17.0. The number of hydrogen-bond donors (Lipinski definition) is 2. The summed E-state index contributed by atoms with van der Waals surface area (Å²) >= 11 is 6.27. The number of aryl methyl sites for hydroxylation is 1. The molecule has 2 N–H and O–H groups in total. The summed E-state index contributed by atoms with van der Waals surface area (Å²) < 4.78 is 25.4. The number of benzene rings is 3. The Balaban J connectivity index is 1.63. The van der Waals surface area contributed by atoms with Crippen molar-refractivity contribution in [3.05, 3.63) is 123 Å². The molecule has 0 spiro atoms. The van der Waals surface area contributed by atoms with Crippen LogP contribution < -0.4 is 0 Å². The number of amides is 1. The van der Waals surface area contributed by atoms with Crippen molar-refractivity contribution in [3.63, 3.8) is 0 Å². The number of carbonyl (C=O) groups excluding carboxylic acids is 2. The highest BCUT2D eigenvalue weighted by Crippen LogP contribution is 2.53. The molecule has 11 heteroatoms. The van der Waals surface area contributed by atoms with Crippen molar-refractivity contribution < 1.29 is 28.9 Å². The summed E-state index contributed by atoms with van der Waals surface area (Å²) in [6, 6.07) is 16.5. The fraction of sp³-hybridized carbons (Fsp3) is 0.314. The van der Waals surface area contributed by atoms with Crippen LogP contribution in [-0.4, -0.2) is 49.1 Å². The van der Waals surface area contributed by atoms with E-state index in [1.54, 1.807) is 73.3 Å². The van der Waals surface area contributed by atoms with E-state index < -0.39 is 41.8 Å². The topological polar surface area (TPSA) is 129 Å². The van der Waals surface area contributed by atoms with E-state index in [2.05, 4.69) is 11.1 Å². The molecule has 2 heterocycles. The van der Waals surface area contributed by atoms with Crippen LogP contribution in [0, 0.1) is 17.1 Å². The molecule has 1 aromatic heterocycles. The zero-order valence-electron chi connectivity index (χ0n) is 25.3. The minimum atomic E-state index is -1.94. The molecule has 46 heavy (non-hydrogen) atoms. The van der Waals surface area contributed by atoms with Crippen LogP contribution in [0.4, 0.5) is 4.39 Å². The number of nitriles is 1. The fourth-order valence-corrected chi connectivity index (χ4v) is 6.78. The largest absolute Gasteiger partial charge is 0.394 e. The molecule has 0 radical (unpaired) electrons. The van der Waals surface area contributed by atoms with Crippen molar-refractivity contribution in [1.82, 2.24) is 14.5 Å². The zero-order valence-corrected chi connectivity index (χ0v) is 26.0. The van der Waals surface area contributed by atoms with Gasteiger partial charge in [0.25, 0.3) is 5.91 Å². The molecule has 9 nitrogen and oxygen atoms in total. The van der Waals surface area contributed by atoms with Gasteiger partial charge in [0.1, 0.15) is 17.2 Å². The molecule has 1 aliphatic heterocycles. The Morgan fingerprint density at radius 1 is 1.20 bits per heavy atom. The van der Waals surface area contributed by atoms with Crippen molar-refractivity contribution >= 4 is 23.3 Å². The highest BCUT2D eigenvalue weighted by atomic mass is 35.5. The number of rotatable bonds is 9. The molecule has 2 aliphatic rings. The second-order valence-corrected chi connectivity index (χ2v) is 12.2. The van der Waals surface area contributed by atoms with Crippen LogP contribution >= 0.6 is 11.6 Å². The molecule has 0 bridgehead atoms. The Hall–Kier alpha value is -4.40. The maximum Gasteiger partial charge on any atom is 0.257 e. The molecule has 4 aromatic rings. The Morgan fingerprint density at radius 2 is 1.91 bits per heavy atom. The van der Waals surface area contributed by atoms with Gasteiger partial charge in [0.2, 0.25) is 5.72 Å². The zero-order chi connectivity index (χ0) is 32.8. The molecule has 1 saturated carbocycles. The van der Waals surface area contributed by atoms with Crippen molar-refractivity contribution in [2.24, 2.45) is 7.05 Å². The summed E-state index contributed by atoms with van der Waals surface area (Å²) in [6.07, 6.45) is 3.34. The van der Waals surface area contributed by atoms with E-state index in [9.17, 15) is 25.1 Å². The number of fused-ring (bicyclic) bond motifs is 1. The van der Waals surface area contributed by atoms with Crippen molar-refractivity contribution in [2.75, 3.05) is 6.61 Å². The van der Waals surface area contributed by atoms with Crippen LogP contribution in [0.1, 0.15) is 82.5 Å². The first-order chi connectivity index (χ1) is 22.0. The molecule has 6 rings (SSSR count). The second-order valence-electron chi connectivity index (χ2n) is 11.8. The van der Waals surface area contributed by atoms with Gasteiger partial charge in [0.05, 0.1) is 53.5 Å². The summed E-state index contributed by atoms with van der Waals surface area (Å²) in [5.74, 6) is -1.49. The van der Waals surface area contributed by atoms with E-state index in [0.29, 0.717) is 28.1 Å². The number of halogens is 2. The number of nitrogens with zero attached hydrogens (tertiary/aromatic N) is 4. The number of aliphatic hydroxyl groups is 2. The third-order valence-electron chi connectivity index (χ3n) is 9.02. The lowest BCUT2D eigenvalue weighted by Crippen LogP contribution is -2.51. The Kier molecular flexibility index (Phi) is 8.29. The van der Waals surface area contributed by atoms with Crippen LogP contribution in [0.25, 0.3) is 0 Å². The van der Waals surface area contributed by atoms with Gasteiger partial charge in [0.15, 0.2) is 0 Å². The lowest BCUT2D eigenvalue weighted by molar-refractivity contribution is -0.161. The third kappa shape index (κ3) is 5.10. The summed E-state index contributed by atoms with van der Waals surface area (Å²) in [4.78, 5) is 32.8. The molecular formula is C35H32ClFN4O5. The van der Waals surface area contributed by atoms with Crippen LogP contribution in [0.5, 0.6) is 0 Å². The predicted octanol–water partition coefficient (Wildman–Crippen LogP) is 5.26. The van der Waals surface area contributed by atoms with Gasteiger partial charge in [-0.2, -0.15) is 5.26 Å². The van der Waals surface area contributed by atoms with E-state index in [-0.39, 0.29) is 47.4 Å². The average molecular weight is 643 g/mol. The number of ketones is 1. The van der Waals surface area contributed by atoms with E-state index in [0.717, 1.165) is 0 Å². The number of Topliss-reactive ketones (excluding diaryl/α,β-unsaturated/α-hetero) is 1. The number of ether oxygens (including phenoxy) is 1. The number of aromatic nitrogens is 2. The second kappa shape index (κ2) is 12.1. The van der Waals surface area contributed by atoms with E-state index >= 15 is 4.39 Å². The van der Waals surface area contributed by atoms with Crippen molar-refractivity contribution in [2.45, 2.75) is 56.1 Å². The smallest absolute Gasteiger partial charge is 0.257 e. The number of imidazole rings is 1. The predicted molar refractivity (Wildman–Crippen MR) is 166 cm³/mol. The monoisotopic (exact) mass is 642 g/mol. The molecule has 1 aliphatic carbocycles. The summed E-state index contributed by atoms with van der Waals surface area (Å²) in [5.41, 5.74) is -2.20. The van der Waals surface area contributed by atoms with Crippen LogP contribution in [-0.2, 0) is 27.9 Å². The molecule has 3 aromatic carbocycles. The lowest BCUT2D eigenvalue weighted by Gasteiger charge is -2.44. The van der Waals surface area contributed by atoms with Crippen LogP contribution in [0.3, 0.4) is 0 Å². The Bertz CT molecular complexity index is 1850. The van der Waals surface area contributed by atoms with Gasteiger partial charge in [-0.1, -0.05) is 42.8 Å². The Morgan fingerprint density at radius 3 is 2.48 bits per heavy atom. The molecule has 236 valence electrons. The first-order valence-electron chi connectivity index (χ1n) is 15.0. The lowest BCUT2D eigenvalue weighted by atomic mass is 9.84. The first kappa shape index (κ1) is 31.6. The highest BCUT2D eigenvalue weighted by Gasteiger charge is 2.58. The van der Waals surface area contributed by atoms with Crippen LogP contribution in [0.15, 0.2) is 73.2 Å². The van der Waals surface area contributed by atoms with Gasteiger partial charge < -0.3 is 19.5 Å². The van der Waals surface area contributed by atoms with Gasteiger partial charge in [-0.25, -0.2) is 9.37 Å². The summed E-state index contributed by atoms with van der Waals surface area (Å²) in [6.45, 7) is 1.16. The fourth-order valence-electron chi connectivity index (χ4n) is 6.65. The number of hydrogen-bond acceptors (Lipinski definition) is 7. The van der Waals surface area contributed by atoms with E-state index in [4.69, 9.17) is 16.3 Å². The number of aliphatic hydroxyl groups excluding tert-OH is 1. The number of carbonyl (C=O) groups is 2. The van der Waals surface area contributed by atoms with Crippen LogP contribution in [0.2, 0.25) is 5.02 Å². The van der Waals surface area contributed by atoms with Gasteiger partial charge in [0, 0.05) is 36.7 Å². The third-order valence-corrected chi connectivity index (χ3v) is 9.27. The quantitative estimate of drug-likeness (QED) is 0.255. The highest BCUT2D eigenvalue weighted by molar-refractivity contribution is 6.30. The molecule has 0 saturated heterocycles. The summed E-state index contributed by atoms with van der Waals surface area (Å²) in [5, 5.41) is 32.5. The molecule has 1 fully saturated rings. The maximum absolute atomic E-state index is 17.0. The van der Waals surface area contributed by atoms with Gasteiger partial charge >= 0.3 is 0 Å². The van der Waals surface area contributed by atoms with Gasteiger partial charge in [-0.05, 0) is 60.4 Å². The molecule has 4 atom stereocenters. The molecule has 2 unspecified atom stereocenters. The van der Waals surface area contributed by atoms with Crippen molar-refractivity contribution in [1.29, 1.82) is 5.26 Å². The van der Waals surface area contributed by atoms with E-state index in [1.165, 1.54) is 23.4 Å². The minimum Gasteiger partial charge on any atom is -0.394 e.